The lowest BCUT2D eigenvalue weighted by Gasteiger charge is -2.67. The molecule has 4 saturated carbocycles. The average molecular weight is 898 g/mol. The van der Waals surface area contributed by atoms with Gasteiger partial charge < -0.3 is 14.6 Å². The van der Waals surface area contributed by atoms with Crippen LogP contribution in [0.1, 0.15) is 212 Å². The van der Waals surface area contributed by atoms with Gasteiger partial charge in [0, 0.05) is 19.1 Å². The molecule has 5 aliphatic rings. The van der Waals surface area contributed by atoms with E-state index in [-0.39, 0.29) is 16.9 Å². The van der Waals surface area contributed by atoms with Gasteiger partial charge in [-0.15, -0.1) is 6.58 Å². The molecule has 0 aromatic heterocycles. The normalized spacial score (nSPS) is 31.3. The summed E-state index contributed by atoms with van der Waals surface area (Å²) in [6.45, 7) is 51.9. The first kappa shape index (κ1) is 58.3. The third-order valence-corrected chi connectivity index (χ3v) is 16.6. The van der Waals surface area contributed by atoms with Crippen molar-refractivity contribution in [1.29, 1.82) is 0 Å². The standard InChI is InChI=1S/C54H80O2.C3H8.2C2H6.CH4O/c1-15-19-42-34-54(48(32-36(7)16-2)56-39(10)41-22-20-40(17-3)21-23-41)31-27-45-43(50(54)49(42)35(5)6)24-25-47-52(13)30-28-46(55-37(8)33-51(11,12)18-4)38(9)44(52)26-29-53(45,47)14;1-3-2;3*1-2/h18-23,32,35-36,38,43-47H,4,8,10,15-17,24-31,33-34H2,1-3,5-7,9,11-14H3;3H2,1-2H3;2*1-2H3;2H,1H3/b42-19-,48-32-;;;;. The van der Waals surface area contributed by atoms with Gasteiger partial charge in [-0.3, -0.25) is 0 Å². The maximum Gasteiger partial charge on any atom is 0.127 e. The summed E-state index contributed by atoms with van der Waals surface area (Å²) in [5, 5.41) is 7.00. The van der Waals surface area contributed by atoms with E-state index < -0.39 is 0 Å². The number of fused-ring (bicyclic) bond motifs is 7. The van der Waals surface area contributed by atoms with Crippen LogP contribution >= 0.6 is 0 Å². The SMILES string of the molecule is C=CC(C)(C)CC(=C)OC1CCC2(C)C(CCC3(C)C4CCC5(/C(=C/C(C)CC)OC(=C)c6ccc(CC)cc6)C/C(=C/CC)C(C(C)C)=C5C4CCC32)C1C.CC.CC.CCC.CO. The van der Waals surface area contributed by atoms with Crippen LogP contribution in [0.4, 0.5) is 0 Å². The molecular formula is C62H104O3. The summed E-state index contributed by atoms with van der Waals surface area (Å²) in [5.41, 5.74) is 8.08. The Labute approximate surface area is 404 Å². The topological polar surface area (TPSA) is 38.7 Å². The first-order valence-electron chi connectivity index (χ1n) is 26.9. The monoisotopic (exact) mass is 897 g/mol. The molecular weight excluding hydrogens is 793 g/mol. The number of aliphatic hydroxyl groups excluding tert-OH is 1. The fraction of sp³-hybridized carbons (Fsp3) is 0.710. The van der Waals surface area contributed by atoms with Crippen molar-refractivity contribution < 1.29 is 14.6 Å². The molecule has 10 unspecified atom stereocenters. The van der Waals surface area contributed by atoms with Crippen molar-refractivity contribution in [2.75, 3.05) is 7.11 Å². The fourth-order valence-corrected chi connectivity index (χ4v) is 13.5. The quantitative estimate of drug-likeness (QED) is 0.149. The molecule has 370 valence electrons. The van der Waals surface area contributed by atoms with E-state index in [1.165, 1.54) is 62.7 Å². The van der Waals surface area contributed by atoms with Crippen LogP contribution in [-0.4, -0.2) is 18.3 Å². The Balaban J connectivity index is 0.00000151. The number of benzene rings is 1. The molecule has 10 atom stereocenters. The summed E-state index contributed by atoms with van der Waals surface area (Å²) in [6, 6.07) is 8.90. The zero-order valence-corrected chi connectivity index (χ0v) is 45.9. The fourth-order valence-electron chi connectivity index (χ4n) is 13.5. The number of rotatable bonds is 14. The first-order valence-corrected chi connectivity index (χ1v) is 26.9. The zero-order chi connectivity index (χ0) is 49.5. The third-order valence-electron chi connectivity index (χ3n) is 16.6. The van der Waals surface area contributed by atoms with Gasteiger partial charge >= 0.3 is 0 Å². The van der Waals surface area contributed by atoms with E-state index in [2.05, 4.69) is 146 Å². The second kappa shape index (κ2) is 26.1. The zero-order valence-electron chi connectivity index (χ0n) is 45.9. The van der Waals surface area contributed by atoms with E-state index in [0.29, 0.717) is 46.3 Å². The van der Waals surface area contributed by atoms with Crippen molar-refractivity contribution in [2.24, 2.45) is 63.1 Å². The number of hydrogen-bond acceptors (Lipinski definition) is 3. The molecule has 0 radical (unpaired) electrons. The minimum atomic E-state index is -0.103. The van der Waals surface area contributed by atoms with Crippen LogP contribution in [0.15, 0.2) is 90.5 Å². The molecule has 0 aliphatic heterocycles. The van der Waals surface area contributed by atoms with Crippen LogP contribution < -0.4 is 0 Å². The summed E-state index contributed by atoms with van der Waals surface area (Å²) in [7, 11) is 1.00. The van der Waals surface area contributed by atoms with E-state index in [0.717, 1.165) is 68.6 Å². The Morgan fingerprint density at radius 1 is 0.846 bits per heavy atom. The molecule has 4 fully saturated rings. The van der Waals surface area contributed by atoms with E-state index >= 15 is 0 Å². The predicted molar refractivity (Wildman–Crippen MR) is 286 cm³/mol. The van der Waals surface area contributed by atoms with E-state index in [1.54, 1.807) is 16.7 Å². The van der Waals surface area contributed by atoms with Gasteiger partial charge in [0.25, 0.3) is 0 Å². The van der Waals surface area contributed by atoms with Crippen LogP contribution in [0.2, 0.25) is 0 Å². The molecule has 0 amide bonds. The molecule has 5 aliphatic carbocycles. The Morgan fingerprint density at radius 3 is 1.95 bits per heavy atom. The summed E-state index contributed by atoms with van der Waals surface area (Å²) in [5.74, 6) is 7.14. The van der Waals surface area contributed by atoms with Crippen molar-refractivity contribution >= 4 is 5.76 Å². The van der Waals surface area contributed by atoms with Crippen LogP contribution in [-0.2, 0) is 15.9 Å². The van der Waals surface area contributed by atoms with Crippen molar-refractivity contribution in [3.05, 3.63) is 102 Å². The van der Waals surface area contributed by atoms with E-state index in [1.807, 2.05) is 33.8 Å². The van der Waals surface area contributed by atoms with E-state index in [4.69, 9.17) is 14.6 Å². The lowest BCUT2D eigenvalue weighted by atomic mass is 9.38. The second-order valence-corrected chi connectivity index (χ2v) is 21.6. The summed E-state index contributed by atoms with van der Waals surface area (Å²) in [4.78, 5) is 0. The average Bonchev–Trinajstić information content (AvgIpc) is 3.65. The number of allylic oxidation sites excluding steroid dienone is 7. The Bertz CT molecular complexity index is 1740. The summed E-state index contributed by atoms with van der Waals surface area (Å²) < 4.78 is 14.0. The number of hydrogen-bond donors (Lipinski definition) is 1. The van der Waals surface area contributed by atoms with Gasteiger partial charge in [-0.2, -0.15) is 0 Å². The molecule has 1 N–H and O–H groups in total. The van der Waals surface area contributed by atoms with Crippen molar-refractivity contribution in [2.45, 2.75) is 214 Å². The highest BCUT2D eigenvalue weighted by atomic mass is 16.5. The molecule has 3 heteroatoms. The highest BCUT2D eigenvalue weighted by Crippen LogP contribution is 2.73. The van der Waals surface area contributed by atoms with Gasteiger partial charge in [-0.1, -0.05) is 174 Å². The number of aliphatic hydroxyl groups is 1. The van der Waals surface area contributed by atoms with Crippen molar-refractivity contribution in [1.82, 2.24) is 0 Å². The van der Waals surface area contributed by atoms with E-state index in [9.17, 15) is 0 Å². The lowest BCUT2D eigenvalue weighted by molar-refractivity contribution is -0.180. The van der Waals surface area contributed by atoms with Gasteiger partial charge in [-0.05, 0) is 163 Å². The lowest BCUT2D eigenvalue weighted by Crippen LogP contribution is -2.60. The molecule has 0 heterocycles. The van der Waals surface area contributed by atoms with Gasteiger partial charge in [0.05, 0.1) is 11.2 Å². The van der Waals surface area contributed by atoms with Gasteiger partial charge in [0.2, 0.25) is 0 Å². The molecule has 3 nitrogen and oxygen atoms in total. The highest BCUT2D eigenvalue weighted by Gasteiger charge is 2.65. The molecule has 6 rings (SSSR count). The van der Waals surface area contributed by atoms with Crippen molar-refractivity contribution in [3.8, 4) is 0 Å². The number of aryl methyl sites for hydroxylation is 1. The minimum Gasteiger partial charge on any atom is -0.495 e. The summed E-state index contributed by atoms with van der Waals surface area (Å²) in [6.07, 6.45) is 24.0. The Morgan fingerprint density at radius 2 is 1.42 bits per heavy atom. The molecule has 65 heavy (non-hydrogen) atoms. The van der Waals surface area contributed by atoms with Crippen LogP contribution in [0.5, 0.6) is 0 Å². The number of ether oxygens (including phenoxy) is 2. The van der Waals surface area contributed by atoms with Gasteiger partial charge in [0.15, 0.2) is 0 Å². The molecule has 0 spiro atoms. The molecule has 1 aromatic rings. The third kappa shape index (κ3) is 12.7. The van der Waals surface area contributed by atoms with Gasteiger partial charge in [0.1, 0.15) is 17.6 Å². The summed E-state index contributed by atoms with van der Waals surface area (Å²) >= 11 is 0. The maximum absolute atomic E-state index is 7.24. The van der Waals surface area contributed by atoms with Crippen LogP contribution in [0.3, 0.4) is 0 Å². The molecule has 1 aromatic carbocycles. The first-order chi connectivity index (χ1) is 30.9. The smallest absolute Gasteiger partial charge is 0.127 e. The Kier molecular flexibility index (Phi) is 23.4. The highest BCUT2D eigenvalue weighted by molar-refractivity contribution is 5.61. The maximum atomic E-state index is 7.24. The Hall–Kier alpha value is -2.78. The largest absolute Gasteiger partial charge is 0.495 e. The van der Waals surface area contributed by atoms with Crippen molar-refractivity contribution in [3.63, 3.8) is 0 Å². The molecule has 0 bridgehead atoms. The molecule has 0 saturated heterocycles. The predicted octanol–water partition coefficient (Wildman–Crippen LogP) is 18.7. The second-order valence-electron chi connectivity index (χ2n) is 21.6. The van der Waals surface area contributed by atoms with Gasteiger partial charge in [-0.25, -0.2) is 0 Å². The minimum absolute atomic E-state index is 0.00920. The van der Waals surface area contributed by atoms with Crippen LogP contribution in [0.25, 0.3) is 5.76 Å². The van der Waals surface area contributed by atoms with Crippen LogP contribution in [0, 0.1) is 63.1 Å².